The Bertz CT molecular complexity index is 1010. The number of imidazole rings is 1. The summed E-state index contributed by atoms with van der Waals surface area (Å²) in [5, 5.41) is 10.1. The Hall–Kier alpha value is -2.77. The van der Waals surface area contributed by atoms with Gasteiger partial charge in [-0.25, -0.2) is 4.98 Å². The number of aryl methyl sites for hydroxylation is 1. The third-order valence-corrected chi connectivity index (χ3v) is 4.48. The molecule has 0 unspecified atom stereocenters. The van der Waals surface area contributed by atoms with Crippen LogP contribution in [-0.4, -0.2) is 16.1 Å². The highest BCUT2D eigenvalue weighted by atomic mass is 35.5. The second-order valence-electron chi connectivity index (χ2n) is 6.30. The molecule has 1 atom stereocenters. The van der Waals surface area contributed by atoms with Crippen LogP contribution in [0.25, 0.3) is 22.7 Å². The molecule has 0 bridgehead atoms. The number of aromatic amines is 1. The van der Waals surface area contributed by atoms with E-state index in [1.165, 1.54) is 0 Å². The quantitative estimate of drug-likeness (QED) is 0.584. The average Bonchev–Trinajstić information content (AvgIpc) is 3.04. The van der Waals surface area contributed by atoms with Gasteiger partial charge < -0.3 is 9.72 Å². The van der Waals surface area contributed by atoms with Crippen LogP contribution < -0.4 is 4.74 Å². The molecule has 0 saturated carbocycles. The molecule has 0 spiro atoms. The highest BCUT2D eigenvalue weighted by Gasteiger charge is 2.10. The molecular formula is C21H20ClN3O. The smallest absolute Gasteiger partial charge is 0.149 e. The number of nitrogens with one attached hydrogen (secondary N) is 1. The van der Waals surface area contributed by atoms with Crippen molar-refractivity contribution in [1.82, 2.24) is 9.97 Å². The number of aromatic nitrogens is 2. The molecule has 1 aromatic heterocycles. The molecule has 26 heavy (non-hydrogen) atoms. The zero-order valence-electron chi connectivity index (χ0n) is 15.0. The summed E-state index contributed by atoms with van der Waals surface area (Å²) in [7, 11) is 0. The SMILES string of the molecule is CC[C@H](C)Oc1ccc(/C=C(/C#N)c2nc3ccc(C)cc3[nH]2)cc1Cl. The molecule has 0 radical (unpaired) electrons. The molecule has 2 aromatic carbocycles. The van der Waals surface area contributed by atoms with Crippen LogP contribution >= 0.6 is 11.6 Å². The largest absolute Gasteiger partial charge is 0.489 e. The standard InChI is InChI=1S/C21H20ClN3O/c1-4-14(3)26-20-8-6-15(11-17(20)22)10-16(12-23)21-24-18-7-5-13(2)9-19(18)25-21/h5-11,14H,4H2,1-3H3,(H,24,25)/b16-10-/t14-/m0/s1. The van der Waals surface area contributed by atoms with Crippen molar-refractivity contribution < 1.29 is 4.74 Å². The monoisotopic (exact) mass is 365 g/mol. The summed E-state index contributed by atoms with van der Waals surface area (Å²) in [5.74, 6) is 1.19. The molecule has 1 N–H and O–H groups in total. The van der Waals surface area contributed by atoms with Gasteiger partial charge in [0.2, 0.25) is 0 Å². The fraction of sp³-hybridized carbons (Fsp3) is 0.238. The zero-order valence-corrected chi connectivity index (χ0v) is 15.8. The first kappa shape index (κ1) is 18.0. The highest BCUT2D eigenvalue weighted by molar-refractivity contribution is 6.32. The van der Waals surface area contributed by atoms with Crippen molar-refractivity contribution in [1.29, 1.82) is 5.26 Å². The number of hydrogen-bond acceptors (Lipinski definition) is 3. The van der Waals surface area contributed by atoms with E-state index < -0.39 is 0 Å². The Labute approximate surface area is 158 Å². The number of halogens is 1. The van der Waals surface area contributed by atoms with Gasteiger partial charge in [-0.15, -0.1) is 0 Å². The van der Waals surface area contributed by atoms with Gasteiger partial charge in [0.05, 0.1) is 27.7 Å². The van der Waals surface area contributed by atoms with Crippen molar-refractivity contribution in [3.63, 3.8) is 0 Å². The first-order valence-corrected chi connectivity index (χ1v) is 8.92. The summed E-state index contributed by atoms with van der Waals surface area (Å²) in [6, 6.07) is 13.7. The summed E-state index contributed by atoms with van der Waals surface area (Å²) in [4.78, 5) is 7.72. The summed E-state index contributed by atoms with van der Waals surface area (Å²) >= 11 is 6.32. The second kappa shape index (κ2) is 7.63. The van der Waals surface area contributed by atoms with Crippen LogP contribution in [0.4, 0.5) is 0 Å². The van der Waals surface area contributed by atoms with Crippen molar-refractivity contribution in [2.24, 2.45) is 0 Å². The highest BCUT2D eigenvalue weighted by Crippen LogP contribution is 2.28. The number of H-pyrrole nitrogens is 1. The molecule has 0 aliphatic heterocycles. The van der Waals surface area contributed by atoms with E-state index in [0.29, 0.717) is 22.2 Å². The van der Waals surface area contributed by atoms with E-state index in [9.17, 15) is 5.26 Å². The van der Waals surface area contributed by atoms with Gasteiger partial charge in [-0.05, 0) is 61.7 Å². The predicted molar refractivity (Wildman–Crippen MR) is 106 cm³/mol. The molecule has 132 valence electrons. The van der Waals surface area contributed by atoms with Gasteiger partial charge in [0.25, 0.3) is 0 Å². The molecule has 5 heteroatoms. The minimum atomic E-state index is 0.0996. The van der Waals surface area contributed by atoms with Gasteiger partial charge in [-0.3, -0.25) is 0 Å². The van der Waals surface area contributed by atoms with Crippen molar-refractivity contribution in [3.8, 4) is 11.8 Å². The number of rotatable bonds is 5. The van der Waals surface area contributed by atoms with Gasteiger partial charge in [0, 0.05) is 0 Å². The van der Waals surface area contributed by atoms with Gasteiger partial charge in [0.1, 0.15) is 17.6 Å². The topological polar surface area (TPSA) is 61.7 Å². The Balaban J connectivity index is 1.93. The Morgan fingerprint density at radius 1 is 1.35 bits per heavy atom. The summed E-state index contributed by atoms with van der Waals surface area (Å²) in [6.45, 7) is 6.08. The molecule has 0 fully saturated rings. The van der Waals surface area contributed by atoms with E-state index in [-0.39, 0.29) is 6.10 Å². The van der Waals surface area contributed by atoms with Crippen molar-refractivity contribution in [3.05, 3.63) is 58.4 Å². The molecule has 3 rings (SSSR count). The lowest BCUT2D eigenvalue weighted by atomic mass is 10.1. The molecule has 1 heterocycles. The second-order valence-corrected chi connectivity index (χ2v) is 6.71. The first-order chi connectivity index (χ1) is 12.5. The molecular weight excluding hydrogens is 346 g/mol. The number of nitrogens with zero attached hydrogens (tertiary/aromatic N) is 2. The normalized spacial score (nSPS) is 12.8. The lowest BCUT2D eigenvalue weighted by Gasteiger charge is -2.14. The van der Waals surface area contributed by atoms with Gasteiger partial charge in [-0.1, -0.05) is 30.7 Å². The van der Waals surface area contributed by atoms with Crippen molar-refractivity contribution in [2.45, 2.75) is 33.3 Å². The summed E-state index contributed by atoms with van der Waals surface area (Å²) in [5.41, 5.74) is 4.16. The Morgan fingerprint density at radius 3 is 2.85 bits per heavy atom. The van der Waals surface area contributed by atoms with Crippen molar-refractivity contribution in [2.75, 3.05) is 0 Å². The molecule has 3 aromatic rings. The van der Waals surface area contributed by atoms with E-state index in [1.54, 1.807) is 12.1 Å². The van der Waals surface area contributed by atoms with Crippen LogP contribution in [0.5, 0.6) is 5.75 Å². The first-order valence-electron chi connectivity index (χ1n) is 8.55. The van der Waals surface area contributed by atoms with E-state index in [2.05, 4.69) is 23.0 Å². The molecule has 4 nitrogen and oxygen atoms in total. The maximum absolute atomic E-state index is 9.56. The third-order valence-electron chi connectivity index (χ3n) is 4.18. The minimum absolute atomic E-state index is 0.0996. The van der Waals surface area contributed by atoms with E-state index in [1.807, 2.05) is 44.2 Å². The number of ether oxygens (including phenoxy) is 1. The number of benzene rings is 2. The summed E-state index contributed by atoms with van der Waals surface area (Å²) in [6.07, 6.45) is 2.77. The molecule has 0 aliphatic rings. The lowest BCUT2D eigenvalue weighted by molar-refractivity contribution is 0.217. The van der Waals surface area contributed by atoms with Crippen molar-refractivity contribution >= 4 is 34.3 Å². The maximum atomic E-state index is 9.56. The van der Waals surface area contributed by atoms with Crippen LogP contribution in [-0.2, 0) is 0 Å². The Kier molecular flexibility index (Phi) is 5.29. The van der Waals surface area contributed by atoms with Gasteiger partial charge in [0.15, 0.2) is 0 Å². The van der Waals surface area contributed by atoms with E-state index in [4.69, 9.17) is 16.3 Å². The van der Waals surface area contributed by atoms with Gasteiger partial charge >= 0.3 is 0 Å². The average molecular weight is 366 g/mol. The number of fused-ring (bicyclic) bond motifs is 1. The third kappa shape index (κ3) is 3.89. The summed E-state index contributed by atoms with van der Waals surface area (Å²) < 4.78 is 5.78. The van der Waals surface area contributed by atoms with Crippen LogP contribution in [0.3, 0.4) is 0 Å². The molecule has 0 aliphatic carbocycles. The molecule has 0 saturated heterocycles. The van der Waals surface area contributed by atoms with Gasteiger partial charge in [-0.2, -0.15) is 5.26 Å². The number of nitriles is 1. The number of allylic oxidation sites excluding steroid dienone is 1. The van der Waals surface area contributed by atoms with E-state index in [0.717, 1.165) is 28.6 Å². The minimum Gasteiger partial charge on any atom is -0.489 e. The van der Waals surface area contributed by atoms with Crippen LogP contribution in [0.15, 0.2) is 36.4 Å². The Morgan fingerprint density at radius 2 is 2.15 bits per heavy atom. The van der Waals surface area contributed by atoms with Crippen LogP contribution in [0, 0.1) is 18.3 Å². The predicted octanol–water partition coefficient (Wildman–Crippen LogP) is 5.77. The number of hydrogen-bond donors (Lipinski definition) is 1. The fourth-order valence-corrected chi connectivity index (χ4v) is 2.81. The fourth-order valence-electron chi connectivity index (χ4n) is 2.57. The van der Waals surface area contributed by atoms with Crippen LogP contribution in [0.1, 0.15) is 37.2 Å². The molecule has 0 amide bonds. The van der Waals surface area contributed by atoms with Crippen LogP contribution in [0.2, 0.25) is 5.02 Å². The van der Waals surface area contributed by atoms with E-state index >= 15 is 0 Å². The zero-order chi connectivity index (χ0) is 18.7. The lowest BCUT2D eigenvalue weighted by Crippen LogP contribution is -2.09. The maximum Gasteiger partial charge on any atom is 0.149 e.